The number of fused-ring (bicyclic) bond motifs is 3. The van der Waals surface area contributed by atoms with E-state index >= 15 is 0 Å². The summed E-state index contributed by atoms with van der Waals surface area (Å²) in [5.41, 5.74) is 7.19. The van der Waals surface area contributed by atoms with Crippen molar-refractivity contribution in [2.45, 2.75) is 40.5 Å². The molecule has 4 heteroatoms. The summed E-state index contributed by atoms with van der Waals surface area (Å²) in [4.78, 5) is 0. The first-order valence-corrected chi connectivity index (χ1v) is 9.51. The molecule has 2 heterocycles. The van der Waals surface area contributed by atoms with E-state index in [4.69, 9.17) is 4.42 Å². The summed E-state index contributed by atoms with van der Waals surface area (Å²) < 4.78 is 36.5. The molecule has 2 aromatic carbocycles. The number of aryl methyl sites for hydroxylation is 4. The number of halogens is 2. The number of pyridine rings is 1. The van der Waals surface area contributed by atoms with Gasteiger partial charge in [0.05, 0.1) is 10.9 Å². The zero-order valence-electron chi connectivity index (χ0n) is 17.1. The molecule has 0 amide bonds. The van der Waals surface area contributed by atoms with Crippen molar-refractivity contribution in [3.05, 3.63) is 64.4 Å². The monoisotopic (exact) mass is 380 g/mol. The number of rotatable bonds is 2. The Morgan fingerprint density at radius 3 is 2.29 bits per heavy atom. The van der Waals surface area contributed by atoms with Crippen LogP contribution in [0.4, 0.5) is 8.78 Å². The van der Waals surface area contributed by atoms with Crippen LogP contribution in [-0.4, -0.2) is 0 Å². The van der Waals surface area contributed by atoms with E-state index in [1.54, 1.807) is 0 Å². The highest BCUT2D eigenvalue weighted by Crippen LogP contribution is 2.40. The molecule has 4 rings (SSSR count). The van der Waals surface area contributed by atoms with Crippen molar-refractivity contribution in [3.63, 3.8) is 0 Å². The Labute approximate surface area is 163 Å². The molecule has 0 aliphatic carbocycles. The lowest BCUT2D eigenvalue weighted by molar-refractivity contribution is -0.660. The molecule has 0 aliphatic heterocycles. The van der Waals surface area contributed by atoms with Crippen molar-refractivity contribution in [2.75, 3.05) is 0 Å². The Balaban J connectivity index is 2.17. The molecule has 0 bridgehead atoms. The second-order valence-electron chi connectivity index (χ2n) is 8.01. The molecule has 2 nitrogen and oxygen atoms in total. The van der Waals surface area contributed by atoms with Crippen LogP contribution >= 0.6 is 0 Å². The summed E-state index contributed by atoms with van der Waals surface area (Å²) in [6.45, 7) is 10.4. The zero-order valence-corrected chi connectivity index (χ0v) is 17.1. The summed E-state index contributed by atoms with van der Waals surface area (Å²) in [6, 6.07) is 6.40. The Hall–Kier alpha value is -2.75. The van der Waals surface area contributed by atoms with Crippen LogP contribution in [0.25, 0.3) is 33.2 Å². The minimum Gasteiger partial charge on any atom is -0.455 e. The van der Waals surface area contributed by atoms with E-state index in [1.165, 1.54) is 17.2 Å². The average molecular weight is 380 g/mol. The van der Waals surface area contributed by atoms with Crippen LogP contribution in [0.1, 0.15) is 42.0 Å². The van der Waals surface area contributed by atoms with Crippen LogP contribution in [0.2, 0.25) is 0 Å². The average Bonchev–Trinajstić information content (AvgIpc) is 2.95. The molecule has 0 atom stereocenters. The first kappa shape index (κ1) is 18.6. The van der Waals surface area contributed by atoms with Crippen molar-refractivity contribution in [2.24, 2.45) is 7.05 Å². The molecule has 28 heavy (non-hydrogen) atoms. The van der Waals surface area contributed by atoms with Gasteiger partial charge >= 0.3 is 0 Å². The molecule has 0 fully saturated rings. The van der Waals surface area contributed by atoms with E-state index in [0.717, 1.165) is 28.5 Å². The standard InChI is InChI=1S/C24H24F2NO/c1-12(2)17-10-19(27(6)11-15(17)5)21-13(3)7-14(4)22-23-18(26)8-16(25)9-20(23)28-24(21)22/h7-12H,1-6H3/q+1. The third kappa shape index (κ3) is 2.70. The highest BCUT2D eigenvalue weighted by Gasteiger charge is 2.25. The number of furan rings is 1. The van der Waals surface area contributed by atoms with Gasteiger partial charge in [-0.15, -0.1) is 0 Å². The topological polar surface area (TPSA) is 17.0 Å². The van der Waals surface area contributed by atoms with Gasteiger partial charge in [0, 0.05) is 29.1 Å². The molecule has 0 spiro atoms. The van der Waals surface area contributed by atoms with E-state index in [1.807, 2.05) is 27.0 Å². The van der Waals surface area contributed by atoms with Crippen molar-refractivity contribution in [1.82, 2.24) is 0 Å². The van der Waals surface area contributed by atoms with Crippen molar-refractivity contribution in [3.8, 4) is 11.3 Å². The summed E-state index contributed by atoms with van der Waals surface area (Å²) in [6.07, 6.45) is 2.11. The fourth-order valence-corrected chi connectivity index (χ4v) is 4.33. The molecule has 0 N–H and O–H groups in total. The van der Waals surface area contributed by atoms with E-state index < -0.39 is 11.6 Å². The van der Waals surface area contributed by atoms with E-state index in [9.17, 15) is 8.78 Å². The van der Waals surface area contributed by atoms with Gasteiger partial charge in [0.1, 0.15) is 29.8 Å². The van der Waals surface area contributed by atoms with Gasteiger partial charge in [0.25, 0.3) is 0 Å². The molecule has 4 aromatic rings. The minimum atomic E-state index is -0.636. The van der Waals surface area contributed by atoms with Gasteiger partial charge in [0.2, 0.25) is 5.69 Å². The van der Waals surface area contributed by atoms with Gasteiger partial charge in [-0.1, -0.05) is 19.9 Å². The Kier molecular flexibility index (Phi) is 4.25. The number of hydrogen-bond donors (Lipinski definition) is 0. The highest BCUT2D eigenvalue weighted by atomic mass is 19.1. The number of hydrogen-bond acceptors (Lipinski definition) is 1. The molecular weight excluding hydrogens is 356 g/mol. The van der Waals surface area contributed by atoms with Crippen LogP contribution in [0.3, 0.4) is 0 Å². The summed E-state index contributed by atoms with van der Waals surface area (Å²) in [7, 11) is 2.00. The fraction of sp³-hybridized carbons (Fsp3) is 0.292. The molecule has 144 valence electrons. The van der Waals surface area contributed by atoms with E-state index in [-0.39, 0.29) is 5.58 Å². The molecule has 2 aromatic heterocycles. The normalized spacial score (nSPS) is 11.9. The third-order valence-corrected chi connectivity index (χ3v) is 5.55. The number of aromatic nitrogens is 1. The first-order valence-electron chi connectivity index (χ1n) is 9.51. The SMILES string of the molecule is Cc1c[n+](C)c(-c2c(C)cc(C)c3c2oc2cc(F)cc(F)c23)cc1C(C)C. The molecule has 0 saturated carbocycles. The predicted octanol–water partition coefficient (Wildman–Crippen LogP) is 6.40. The Bertz CT molecular complexity index is 1250. The lowest BCUT2D eigenvalue weighted by Gasteiger charge is -2.13. The Morgan fingerprint density at radius 1 is 0.893 bits per heavy atom. The van der Waals surface area contributed by atoms with Crippen LogP contribution in [0.5, 0.6) is 0 Å². The number of benzene rings is 2. The summed E-state index contributed by atoms with van der Waals surface area (Å²) >= 11 is 0. The van der Waals surface area contributed by atoms with Crippen LogP contribution in [0.15, 0.2) is 34.9 Å². The first-order chi connectivity index (χ1) is 13.2. The van der Waals surface area contributed by atoms with Gasteiger partial charge in [0.15, 0.2) is 6.20 Å². The maximum absolute atomic E-state index is 14.6. The third-order valence-electron chi connectivity index (χ3n) is 5.55. The number of nitrogens with zero attached hydrogens (tertiary/aromatic N) is 1. The maximum atomic E-state index is 14.6. The lowest BCUT2D eigenvalue weighted by Crippen LogP contribution is -2.32. The fourth-order valence-electron chi connectivity index (χ4n) is 4.33. The molecule has 0 saturated heterocycles. The van der Waals surface area contributed by atoms with Gasteiger partial charge in [-0.2, -0.15) is 0 Å². The van der Waals surface area contributed by atoms with E-state index in [2.05, 4.69) is 37.6 Å². The molecular formula is C24H24F2NO+. The van der Waals surface area contributed by atoms with Crippen LogP contribution < -0.4 is 4.57 Å². The Morgan fingerprint density at radius 2 is 1.61 bits per heavy atom. The largest absolute Gasteiger partial charge is 0.455 e. The van der Waals surface area contributed by atoms with Gasteiger partial charge in [-0.25, -0.2) is 13.3 Å². The second kappa shape index (κ2) is 6.40. The quantitative estimate of drug-likeness (QED) is 0.368. The van der Waals surface area contributed by atoms with Crippen LogP contribution in [-0.2, 0) is 7.05 Å². The lowest BCUT2D eigenvalue weighted by atomic mass is 9.93. The van der Waals surface area contributed by atoms with Crippen molar-refractivity contribution >= 4 is 21.9 Å². The van der Waals surface area contributed by atoms with E-state index in [0.29, 0.717) is 22.3 Å². The molecule has 0 unspecified atom stereocenters. The summed E-state index contributed by atoms with van der Waals surface area (Å²) in [5, 5.41) is 1.05. The maximum Gasteiger partial charge on any atom is 0.216 e. The second-order valence-corrected chi connectivity index (χ2v) is 8.01. The minimum absolute atomic E-state index is 0.237. The van der Waals surface area contributed by atoms with Crippen molar-refractivity contribution in [1.29, 1.82) is 0 Å². The molecule has 0 aliphatic rings. The summed E-state index contributed by atoms with van der Waals surface area (Å²) in [5.74, 6) is -0.853. The smallest absolute Gasteiger partial charge is 0.216 e. The zero-order chi connectivity index (χ0) is 20.3. The predicted molar refractivity (Wildman–Crippen MR) is 109 cm³/mol. The molecule has 0 radical (unpaired) electrons. The van der Waals surface area contributed by atoms with Gasteiger partial charge < -0.3 is 4.42 Å². The van der Waals surface area contributed by atoms with Gasteiger partial charge in [-0.05, 0) is 43.4 Å². The highest BCUT2D eigenvalue weighted by molar-refractivity contribution is 6.11. The van der Waals surface area contributed by atoms with Crippen molar-refractivity contribution < 1.29 is 17.8 Å². The van der Waals surface area contributed by atoms with Crippen LogP contribution in [0, 0.1) is 32.4 Å². The van der Waals surface area contributed by atoms with Gasteiger partial charge in [-0.3, -0.25) is 0 Å².